The number of nitrogens with zero attached hydrogens (tertiary/aromatic N) is 3. The highest BCUT2D eigenvalue weighted by Gasteiger charge is 2.38. The number of hydrazine groups is 1. The normalized spacial score (nSPS) is 16.6. The fourth-order valence-corrected chi connectivity index (χ4v) is 3.38. The summed E-state index contributed by atoms with van der Waals surface area (Å²) in [6, 6.07) is 2.59. The average Bonchev–Trinajstić information content (AvgIpc) is 3.19. The van der Waals surface area contributed by atoms with Gasteiger partial charge in [0.1, 0.15) is 17.3 Å². The first kappa shape index (κ1) is 19.6. The highest BCUT2D eigenvalue weighted by atomic mass is 35.5. The maximum atomic E-state index is 13.8. The van der Waals surface area contributed by atoms with Gasteiger partial charge in [0.2, 0.25) is 0 Å². The molecular formula is C16H12Cl2F4N6O. The molecule has 0 unspecified atom stereocenters. The number of allylic oxidation sites excluding steroid dienone is 1. The largest absolute Gasteiger partial charge is 0.470 e. The zero-order valence-corrected chi connectivity index (χ0v) is 15.9. The van der Waals surface area contributed by atoms with Gasteiger partial charge in [-0.1, -0.05) is 23.2 Å². The molecule has 0 saturated carbocycles. The molecule has 0 spiro atoms. The molecule has 2 aliphatic rings. The molecule has 29 heavy (non-hydrogen) atoms. The van der Waals surface area contributed by atoms with Gasteiger partial charge < -0.3 is 14.6 Å². The number of aromatic nitrogens is 2. The Labute approximate surface area is 171 Å². The third-order valence-electron chi connectivity index (χ3n) is 4.27. The molecule has 2 aliphatic heterocycles. The lowest BCUT2D eigenvalue weighted by atomic mass is 10.1. The summed E-state index contributed by atoms with van der Waals surface area (Å²) in [5, 5.41) is 9.77. The molecule has 0 atom stereocenters. The van der Waals surface area contributed by atoms with Crippen molar-refractivity contribution in [1.29, 1.82) is 0 Å². The Morgan fingerprint density at radius 2 is 1.97 bits per heavy atom. The van der Waals surface area contributed by atoms with Crippen LogP contribution in [0.25, 0.3) is 5.70 Å². The van der Waals surface area contributed by atoms with E-state index in [4.69, 9.17) is 27.6 Å². The van der Waals surface area contributed by atoms with Crippen LogP contribution in [0.2, 0.25) is 10.0 Å². The van der Waals surface area contributed by atoms with Crippen LogP contribution in [0.3, 0.4) is 0 Å². The number of halogens is 6. The van der Waals surface area contributed by atoms with Crippen molar-refractivity contribution in [3.63, 3.8) is 0 Å². The van der Waals surface area contributed by atoms with Crippen LogP contribution in [-0.2, 0) is 12.7 Å². The van der Waals surface area contributed by atoms with Crippen molar-refractivity contribution in [2.75, 3.05) is 13.1 Å². The molecule has 0 radical (unpaired) electrons. The van der Waals surface area contributed by atoms with Crippen LogP contribution < -0.4 is 16.2 Å². The van der Waals surface area contributed by atoms with Gasteiger partial charge in [-0.15, -0.1) is 10.2 Å². The lowest BCUT2D eigenvalue weighted by Crippen LogP contribution is -2.48. The van der Waals surface area contributed by atoms with Crippen molar-refractivity contribution in [3.8, 4) is 0 Å². The maximum Gasteiger partial charge on any atom is 0.470 e. The Bertz CT molecular complexity index is 1020. The lowest BCUT2D eigenvalue weighted by Gasteiger charge is -2.36. The molecule has 154 valence electrons. The average molecular weight is 451 g/mol. The third-order valence-corrected chi connectivity index (χ3v) is 5.03. The summed E-state index contributed by atoms with van der Waals surface area (Å²) in [6.07, 6.45) is -3.21. The Balaban J connectivity index is 1.65. The second kappa shape index (κ2) is 7.30. The second-order valence-corrected chi connectivity index (χ2v) is 6.93. The van der Waals surface area contributed by atoms with E-state index in [1.807, 2.05) is 4.90 Å². The number of alkyl halides is 3. The maximum absolute atomic E-state index is 13.8. The highest BCUT2D eigenvalue weighted by Crippen LogP contribution is 2.32. The van der Waals surface area contributed by atoms with Crippen molar-refractivity contribution in [2.24, 2.45) is 0 Å². The predicted molar refractivity (Wildman–Crippen MR) is 95.4 cm³/mol. The standard InChI is InChI=1S/C16H12Cl2F4N6O/c17-8-1-2-9(19)12(18)7(8)6-28-4-3-23-13-11(28)5-10(24-25-13)14-26-27-15(29-14)16(20,21)22/h1-2,5,23-25H,3-4,6H2. The third kappa shape index (κ3) is 3.79. The zero-order chi connectivity index (χ0) is 20.8. The summed E-state index contributed by atoms with van der Waals surface area (Å²) in [5.74, 6) is -1.82. The molecule has 4 rings (SSSR count). The monoisotopic (exact) mass is 450 g/mol. The number of hydrogen-bond donors (Lipinski definition) is 3. The van der Waals surface area contributed by atoms with Crippen molar-refractivity contribution in [3.05, 3.63) is 62.9 Å². The summed E-state index contributed by atoms with van der Waals surface area (Å²) in [4.78, 5) is 1.84. The van der Waals surface area contributed by atoms with Crippen LogP contribution in [0, 0.1) is 5.82 Å². The molecule has 13 heteroatoms. The topological polar surface area (TPSA) is 78.2 Å². The molecule has 3 heterocycles. The minimum absolute atomic E-state index is 0.0870. The van der Waals surface area contributed by atoms with Gasteiger partial charge in [-0.05, 0) is 18.2 Å². The first-order chi connectivity index (χ1) is 13.7. The van der Waals surface area contributed by atoms with E-state index >= 15 is 0 Å². The molecule has 0 amide bonds. The number of hydrogen-bond acceptors (Lipinski definition) is 7. The van der Waals surface area contributed by atoms with Crippen LogP contribution in [-0.4, -0.2) is 28.2 Å². The molecule has 1 aromatic carbocycles. The first-order valence-corrected chi connectivity index (χ1v) is 9.00. The summed E-state index contributed by atoms with van der Waals surface area (Å²) in [7, 11) is 0. The Morgan fingerprint density at radius 3 is 2.69 bits per heavy atom. The predicted octanol–water partition coefficient (Wildman–Crippen LogP) is 3.26. The van der Waals surface area contributed by atoms with Gasteiger partial charge in [0.25, 0.3) is 5.89 Å². The van der Waals surface area contributed by atoms with E-state index in [9.17, 15) is 17.6 Å². The molecule has 0 saturated heterocycles. The molecule has 0 fully saturated rings. The van der Waals surface area contributed by atoms with Crippen molar-refractivity contribution in [2.45, 2.75) is 12.7 Å². The number of nitrogens with one attached hydrogen (secondary N) is 3. The first-order valence-electron chi connectivity index (χ1n) is 8.24. The highest BCUT2D eigenvalue weighted by molar-refractivity contribution is 6.36. The SMILES string of the molecule is Fc1ccc(Cl)c(CN2CCNC3=C2C=C(c2nnc(C(F)(F)F)o2)NN3)c1Cl. The fraction of sp³-hybridized carbons (Fsp3) is 0.250. The van der Waals surface area contributed by atoms with Gasteiger partial charge in [-0.2, -0.15) is 13.2 Å². The van der Waals surface area contributed by atoms with Gasteiger partial charge in [0, 0.05) is 30.2 Å². The molecule has 1 aromatic heterocycles. The molecular weight excluding hydrogens is 439 g/mol. The van der Waals surface area contributed by atoms with Gasteiger partial charge in [-0.25, -0.2) is 4.39 Å². The van der Waals surface area contributed by atoms with Crippen LogP contribution >= 0.6 is 23.2 Å². The van der Waals surface area contributed by atoms with Gasteiger partial charge >= 0.3 is 12.1 Å². The van der Waals surface area contributed by atoms with Crippen LogP contribution in [0.4, 0.5) is 17.6 Å². The van der Waals surface area contributed by atoms with E-state index in [2.05, 4.69) is 26.4 Å². The lowest BCUT2D eigenvalue weighted by molar-refractivity contribution is -0.157. The van der Waals surface area contributed by atoms with E-state index in [1.54, 1.807) is 0 Å². The smallest absolute Gasteiger partial charge is 0.411 e. The van der Waals surface area contributed by atoms with E-state index in [0.717, 1.165) is 0 Å². The van der Waals surface area contributed by atoms with Gasteiger partial charge in [0.05, 0.1) is 10.7 Å². The minimum atomic E-state index is -4.75. The molecule has 7 nitrogen and oxygen atoms in total. The molecule has 2 aromatic rings. The number of benzene rings is 1. The van der Waals surface area contributed by atoms with E-state index < -0.39 is 17.9 Å². The Hall–Kier alpha value is -2.66. The van der Waals surface area contributed by atoms with Crippen LogP contribution in [0.1, 0.15) is 17.3 Å². The van der Waals surface area contributed by atoms with Crippen molar-refractivity contribution < 1.29 is 22.0 Å². The Morgan fingerprint density at radius 1 is 1.17 bits per heavy atom. The molecule has 0 bridgehead atoms. The van der Waals surface area contributed by atoms with Crippen molar-refractivity contribution in [1.82, 2.24) is 31.3 Å². The van der Waals surface area contributed by atoms with E-state index in [-0.39, 0.29) is 23.2 Å². The molecule has 0 aliphatic carbocycles. The van der Waals surface area contributed by atoms with E-state index in [0.29, 0.717) is 35.2 Å². The van der Waals surface area contributed by atoms with Crippen molar-refractivity contribution >= 4 is 28.9 Å². The van der Waals surface area contributed by atoms with E-state index in [1.165, 1.54) is 18.2 Å². The number of rotatable bonds is 3. The second-order valence-electron chi connectivity index (χ2n) is 6.15. The Kier molecular flexibility index (Phi) is 4.95. The van der Waals surface area contributed by atoms with Gasteiger partial charge in [0.15, 0.2) is 0 Å². The summed E-state index contributed by atoms with van der Waals surface area (Å²) < 4.78 is 56.7. The molecule has 3 N–H and O–H groups in total. The van der Waals surface area contributed by atoms with Crippen LogP contribution in [0.15, 0.2) is 34.1 Å². The van der Waals surface area contributed by atoms with Crippen LogP contribution in [0.5, 0.6) is 0 Å². The quantitative estimate of drug-likeness (QED) is 0.489. The summed E-state index contributed by atoms with van der Waals surface area (Å²) in [6.45, 7) is 1.24. The van der Waals surface area contributed by atoms with Gasteiger partial charge in [-0.3, -0.25) is 10.9 Å². The summed E-state index contributed by atoms with van der Waals surface area (Å²) >= 11 is 12.2. The fourth-order valence-electron chi connectivity index (χ4n) is 2.89. The summed E-state index contributed by atoms with van der Waals surface area (Å²) in [5.41, 5.74) is 6.65. The minimum Gasteiger partial charge on any atom is -0.411 e. The zero-order valence-electron chi connectivity index (χ0n) is 14.4.